The Hall–Kier alpha value is -1.27. The van der Waals surface area contributed by atoms with Crippen molar-refractivity contribution in [3.8, 4) is 0 Å². The third-order valence-corrected chi connectivity index (χ3v) is 5.02. The van der Waals surface area contributed by atoms with E-state index in [4.69, 9.17) is 0 Å². The zero-order chi connectivity index (χ0) is 16.4. The van der Waals surface area contributed by atoms with Crippen LogP contribution in [0.2, 0.25) is 0 Å². The van der Waals surface area contributed by atoms with Crippen molar-refractivity contribution >= 4 is 5.69 Å². The number of hydrogen-bond donors (Lipinski definition) is 1. The van der Waals surface area contributed by atoms with Gasteiger partial charge < -0.3 is 10.0 Å². The van der Waals surface area contributed by atoms with E-state index in [1.165, 1.54) is 12.1 Å². The number of aliphatic hydroxyl groups excluding tert-OH is 1. The van der Waals surface area contributed by atoms with Crippen molar-refractivity contribution in [1.29, 1.82) is 0 Å². The average molecular weight is 328 g/mol. The maximum atomic E-state index is 12.8. The van der Waals surface area contributed by atoms with Crippen molar-refractivity contribution in [3.05, 3.63) is 29.8 Å². The van der Waals surface area contributed by atoms with Crippen molar-refractivity contribution in [1.82, 2.24) is 4.90 Å². The Labute approximate surface area is 134 Å². The molecule has 1 saturated heterocycles. The van der Waals surface area contributed by atoms with E-state index in [9.17, 15) is 18.3 Å². The van der Waals surface area contributed by atoms with Gasteiger partial charge in [-0.2, -0.15) is 13.2 Å². The molecule has 1 saturated carbocycles. The van der Waals surface area contributed by atoms with Gasteiger partial charge in [-0.15, -0.1) is 0 Å². The van der Waals surface area contributed by atoms with Gasteiger partial charge >= 0.3 is 6.18 Å². The van der Waals surface area contributed by atoms with Crippen molar-refractivity contribution in [3.63, 3.8) is 0 Å². The summed E-state index contributed by atoms with van der Waals surface area (Å²) in [5, 5.41) is 10.1. The molecule has 3 nitrogen and oxygen atoms in total. The molecular formula is C17H23F3N2O. The Morgan fingerprint density at radius 3 is 2.35 bits per heavy atom. The van der Waals surface area contributed by atoms with E-state index >= 15 is 0 Å². The molecule has 1 aromatic carbocycles. The lowest BCUT2D eigenvalue weighted by Gasteiger charge is -2.43. The monoisotopic (exact) mass is 328 g/mol. The quantitative estimate of drug-likeness (QED) is 0.903. The van der Waals surface area contributed by atoms with Crippen molar-refractivity contribution in [2.45, 2.75) is 44.0 Å². The summed E-state index contributed by atoms with van der Waals surface area (Å²) >= 11 is 0. The number of anilines is 1. The van der Waals surface area contributed by atoms with Crippen LogP contribution in [0.25, 0.3) is 0 Å². The summed E-state index contributed by atoms with van der Waals surface area (Å²) in [7, 11) is 0. The van der Waals surface area contributed by atoms with E-state index < -0.39 is 11.7 Å². The zero-order valence-electron chi connectivity index (χ0n) is 13.1. The van der Waals surface area contributed by atoms with Crippen LogP contribution in [0.3, 0.4) is 0 Å². The van der Waals surface area contributed by atoms with E-state index in [0.29, 0.717) is 18.8 Å². The van der Waals surface area contributed by atoms with Crippen LogP contribution in [-0.4, -0.2) is 48.3 Å². The smallest absolute Gasteiger partial charge is 0.391 e. The molecule has 1 aromatic rings. The first-order chi connectivity index (χ1) is 10.9. The number of rotatable bonds is 2. The molecule has 6 heteroatoms. The highest BCUT2D eigenvalue weighted by atomic mass is 19.4. The first kappa shape index (κ1) is 16.6. The number of aliphatic hydroxyl groups is 1. The number of nitrogens with zero attached hydrogens (tertiary/aromatic N) is 2. The lowest BCUT2D eigenvalue weighted by molar-refractivity contribution is -0.137. The summed E-state index contributed by atoms with van der Waals surface area (Å²) in [6, 6.07) is 5.76. The van der Waals surface area contributed by atoms with Crippen LogP contribution in [0.4, 0.5) is 18.9 Å². The van der Waals surface area contributed by atoms with Gasteiger partial charge in [0.05, 0.1) is 11.7 Å². The topological polar surface area (TPSA) is 26.7 Å². The summed E-state index contributed by atoms with van der Waals surface area (Å²) < 4.78 is 38.5. The molecule has 2 fully saturated rings. The third kappa shape index (κ3) is 3.80. The van der Waals surface area contributed by atoms with E-state index in [-0.39, 0.29) is 12.1 Å². The van der Waals surface area contributed by atoms with Gasteiger partial charge in [0.2, 0.25) is 0 Å². The average Bonchev–Trinajstić information content (AvgIpc) is 2.55. The Kier molecular flexibility index (Phi) is 4.82. The molecule has 2 atom stereocenters. The van der Waals surface area contributed by atoms with E-state index in [1.54, 1.807) is 6.07 Å². The lowest BCUT2D eigenvalue weighted by atomic mass is 9.91. The summed E-state index contributed by atoms with van der Waals surface area (Å²) in [6.45, 7) is 2.98. The van der Waals surface area contributed by atoms with Crippen LogP contribution < -0.4 is 4.90 Å². The lowest BCUT2D eigenvalue weighted by Crippen LogP contribution is -2.54. The first-order valence-corrected chi connectivity index (χ1v) is 8.29. The van der Waals surface area contributed by atoms with Crippen LogP contribution >= 0.6 is 0 Å². The number of benzene rings is 1. The van der Waals surface area contributed by atoms with Crippen LogP contribution in [0.1, 0.15) is 31.2 Å². The van der Waals surface area contributed by atoms with Gasteiger partial charge in [-0.1, -0.05) is 18.9 Å². The van der Waals surface area contributed by atoms with Crippen molar-refractivity contribution < 1.29 is 18.3 Å². The molecule has 1 aliphatic heterocycles. The molecule has 1 heterocycles. The van der Waals surface area contributed by atoms with Gasteiger partial charge in [0.15, 0.2) is 0 Å². The normalized spacial score (nSPS) is 27.2. The first-order valence-electron chi connectivity index (χ1n) is 8.29. The third-order valence-electron chi connectivity index (χ3n) is 5.02. The van der Waals surface area contributed by atoms with Crippen molar-refractivity contribution in [2.75, 3.05) is 31.1 Å². The predicted molar refractivity (Wildman–Crippen MR) is 83.5 cm³/mol. The summed E-state index contributed by atoms with van der Waals surface area (Å²) in [4.78, 5) is 4.30. The van der Waals surface area contributed by atoms with Gasteiger partial charge in [0.25, 0.3) is 0 Å². The second-order valence-corrected chi connectivity index (χ2v) is 6.49. The molecule has 0 aromatic heterocycles. The second kappa shape index (κ2) is 6.69. The molecule has 1 N–H and O–H groups in total. The molecule has 2 unspecified atom stereocenters. The largest absolute Gasteiger partial charge is 0.416 e. The van der Waals surface area contributed by atoms with E-state index in [2.05, 4.69) is 4.90 Å². The van der Waals surface area contributed by atoms with Gasteiger partial charge in [-0.25, -0.2) is 0 Å². The van der Waals surface area contributed by atoms with Crippen molar-refractivity contribution in [2.24, 2.45) is 0 Å². The number of halogens is 3. The molecule has 23 heavy (non-hydrogen) atoms. The molecule has 2 aliphatic rings. The molecule has 128 valence electrons. The minimum absolute atomic E-state index is 0.215. The molecular weight excluding hydrogens is 305 g/mol. The van der Waals surface area contributed by atoms with Crippen LogP contribution in [0.5, 0.6) is 0 Å². The summed E-state index contributed by atoms with van der Waals surface area (Å²) in [6.07, 6.45) is -0.450. The minimum Gasteiger partial charge on any atom is -0.391 e. The number of alkyl halides is 3. The zero-order valence-corrected chi connectivity index (χ0v) is 13.1. The maximum Gasteiger partial charge on any atom is 0.416 e. The van der Waals surface area contributed by atoms with Gasteiger partial charge in [-0.05, 0) is 31.0 Å². The Morgan fingerprint density at radius 2 is 1.70 bits per heavy atom. The standard InChI is InChI=1S/C17H23F3N2O/c18-17(19,20)13-4-3-5-14(12-13)21-8-10-22(11-9-21)15-6-1-2-7-16(15)23/h3-5,12,15-16,23H,1-2,6-11H2. The molecule has 0 spiro atoms. The van der Waals surface area contributed by atoms with Crippen LogP contribution in [-0.2, 0) is 6.18 Å². The Bertz CT molecular complexity index is 527. The SMILES string of the molecule is OC1CCCCC1N1CCN(c2cccc(C(F)(F)F)c2)CC1. The molecule has 0 amide bonds. The fourth-order valence-corrected chi connectivity index (χ4v) is 3.71. The van der Waals surface area contributed by atoms with Crippen LogP contribution in [0.15, 0.2) is 24.3 Å². The highest BCUT2D eigenvalue weighted by molar-refractivity contribution is 5.49. The van der Waals surface area contributed by atoms with E-state index in [0.717, 1.165) is 44.8 Å². The van der Waals surface area contributed by atoms with Gasteiger partial charge in [0.1, 0.15) is 0 Å². The second-order valence-electron chi connectivity index (χ2n) is 6.49. The Morgan fingerprint density at radius 1 is 1.00 bits per heavy atom. The summed E-state index contributed by atoms with van der Waals surface area (Å²) in [5.41, 5.74) is 0.0313. The molecule has 0 bridgehead atoms. The highest BCUT2D eigenvalue weighted by Gasteiger charge is 2.33. The maximum absolute atomic E-state index is 12.8. The highest BCUT2D eigenvalue weighted by Crippen LogP contribution is 2.32. The predicted octanol–water partition coefficient (Wildman–Crippen LogP) is 3.13. The summed E-state index contributed by atoms with van der Waals surface area (Å²) in [5.74, 6) is 0. The fraction of sp³-hybridized carbons (Fsp3) is 0.647. The fourth-order valence-electron chi connectivity index (χ4n) is 3.71. The number of piperazine rings is 1. The minimum atomic E-state index is -4.30. The van der Waals surface area contributed by atoms with Gasteiger partial charge in [-0.3, -0.25) is 4.90 Å². The van der Waals surface area contributed by atoms with E-state index in [1.807, 2.05) is 4.90 Å². The van der Waals surface area contributed by atoms with Crippen LogP contribution in [0, 0.1) is 0 Å². The number of hydrogen-bond acceptors (Lipinski definition) is 3. The Balaban J connectivity index is 1.63. The van der Waals surface area contributed by atoms with Gasteiger partial charge in [0, 0.05) is 37.9 Å². The molecule has 3 rings (SSSR count). The molecule has 1 aliphatic carbocycles. The molecule has 0 radical (unpaired) electrons.